The maximum atomic E-state index is 15.1. The summed E-state index contributed by atoms with van der Waals surface area (Å²) in [4.78, 5) is 113. The Labute approximate surface area is 447 Å². The number of carbonyl (C=O) groups is 8. The summed E-state index contributed by atoms with van der Waals surface area (Å²) < 4.78 is 0.950. The molecule has 4 aromatic rings. The quantitative estimate of drug-likeness (QED) is 0.0532. The second-order valence-electron chi connectivity index (χ2n) is 18.8. The highest BCUT2D eigenvalue weighted by molar-refractivity contribution is 8.76. The topological polar surface area (TPSA) is 321 Å². The molecule has 1 aromatic heterocycles. The first-order chi connectivity index (χ1) is 35.9. The Kier molecular flexibility index (Phi) is 21.8. The van der Waals surface area contributed by atoms with E-state index in [-0.39, 0.29) is 43.7 Å². The Hall–Kier alpha value is -6.14. The molecule has 19 nitrogen and oxygen atoms in total. The van der Waals surface area contributed by atoms with Crippen LogP contribution in [0.5, 0.6) is 0 Å². The Morgan fingerprint density at radius 1 is 0.787 bits per heavy atom. The highest BCUT2D eigenvalue weighted by Crippen LogP contribution is 2.32. The van der Waals surface area contributed by atoms with Crippen molar-refractivity contribution in [3.63, 3.8) is 0 Å². The van der Waals surface area contributed by atoms with Gasteiger partial charge in [-0.1, -0.05) is 100 Å². The van der Waals surface area contributed by atoms with Crippen molar-refractivity contribution >= 4 is 95.8 Å². The van der Waals surface area contributed by atoms with E-state index in [0.29, 0.717) is 19.3 Å². The van der Waals surface area contributed by atoms with Crippen molar-refractivity contribution in [2.24, 2.45) is 17.4 Å². The smallest absolute Gasteiger partial charge is 0.328 e. The van der Waals surface area contributed by atoms with Gasteiger partial charge < -0.3 is 58.7 Å². The lowest BCUT2D eigenvalue weighted by Gasteiger charge is -2.29. The number of fused-ring (bicyclic) bond motifs is 2. The number of aliphatic hydroxyl groups is 2. The van der Waals surface area contributed by atoms with E-state index < -0.39 is 114 Å². The minimum Gasteiger partial charge on any atom is -0.480 e. The van der Waals surface area contributed by atoms with Crippen molar-refractivity contribution in [3.8, 4) is 0 Å². The number of carboxylic acid groups (broad SMARTS) is 1. The van der Waals surface area contributed by atoms with Crippen LogP contribution in [0.2, 0.25) is 0 Å². The SMILES string of the molecule is C[C@@H](O)[C@H](NC(=O)[C@@H]1CSSC[C@H](NC(=O)[C@H](N)Cc2ccccc2)C(=O)C[C@@H](Cc2csc3ccccc23)C(=O)N[C@H](CC2=CCc3ccccc32)C(=O)N[C@@H](CCCCN)C(=O)N[C@@H]([C@@H](C)O)C(=O)N1)C(=O)O. The maximum Gasteiger partial charge on any atom is 0.328 e. The van der Waals surface area contributed by atoms with Crippen LogP contribution in [0.15, 0.2) is 90.3 Å². The van der Waals surface area contributed by atoms with E-state index in [1.807, 2.05) is 78.2 Å². The summed E-state index contributed by atoms with van der Waals surface area (Å²) in [6.07, 6.45) is -0.0264. The second kappa shape index (κ2) is 28.1. The first kappa shape index (κ1) is 58.1. The molecule has 2 heterocycles. The van der Waals surface area contributed by atoms with Gasteiger partial charge in [-0.2, -0.15) is 0 Å². The van der Waals surface area contributed by atoms with Crippen LogP contribution in [0.4, 0.5) is 0 Å². The van der Waals surface area contributed by atoms with Crippen LogP contribution in [-0.2, 0) is 57.6 Å². The molecular formula is C53H66N8O11S3. The number of carbonyl (C=O) groups excluding carboxylic acids is 7. The predicted octanol–water partition coefficient (Wildman–Crippen LogP) is 1.90. The number of thiophene rings is 1. The van der Waals surface area contributed by atoms with Crippen LogP contribution in [-0.4, -0.2) is 135 Å². The van der Waals surface area contributed by atoms with Crippen molar-refractivity contribution in [2.45, 2.75) is 120 Å². The number of carboxylic acids is 1. The number of Topliss-reactive ketones (excluding diaryl/α,β-unsaturated/α-hetero) is 1. The third kappa shape index (κ3) is 16.4. The Bertz CT molecular complexity index is 2700. The molecule has 6 amide bonds. The average Bonchev–Trinajstić information content (AvgIpc) is 3.99. The number of nitrogens with one attached hydrogen (secondary N) is 6. The summed E-state index contributed by atoms with van der Waals surface area (Å²) in [5, 5.41) is 49.5. The van der Waals surface area contributed by atoms with Gasteiger partial charge in [0.25, 0.3) is 0 Å². The molecule has 22 heteroatoms. The fourth-order valence-corrected chi connectivity index (χ4v) is 12.2. The zero-order chi connectivity index (χ0) is 54.2. The Morgan fingerprint density at radius 3 is 2.19 bits per heavy atom. The summed E-state index contributed by atoms with van der Waals surface area (Å²) in [5.41, 5.74) is 16.4. The van der Waals surface area contributed by atoms with Crippen molar-refractivity contribution in [1.82, 2.24) is 31.9 Å². The van der Waals surface area contributed by atoms with Crippen LogP contribution in [0, 0.1) is 5.92 Å². The number of allylic oxidation sites excluding steroid dienone is 1. The lowest BCUT2D eigenvalue weighted by Crippen LogP contribution is -2.62. The summed E-state index contributed by atoms with van der Waals surface area (Å²) in [6.45, 7) is 2.64. The van der Waals surface area contributed by atoms with Gasteiger partial charge in [0.1, 0.15) is 24.2 Å². The van der Waals surface area contributed by atoms with Crippen LogP contribution >= 0.6 is 32.9 Å². The molecule has 6 rings (SSSR count). The lowest BCUT2D eigenvalue weighted by atomic mass is 9.90. The zero-order valence-electron chi connectivity index (χ0n) is 41.7. The molecule has 1 aliphatic carbocycles. The molecule has 0 saturated carbocycles. The molecule has 3 aromatic carbocycles. The summed E-state index contributed by atoms with van der Waals surface area (Å²) in [5.74, 6) is -8.68. The number of aliphatic hydroxyl groups excluding tert-OH is 2. The standard InChI is InChI=1S/C53H66N8O11S3/c1-29(62)45-52(70)59-42(51(69)61-46(30(2)63)53(71)72)28-75-74-27-41(58-48(66)38(55)22-31-12-4-3-5-13-31)43(64)25-34(23-35-26-73-44-18-9-8-16-37(35)44)47(65)57-40(24-33-20-19-32-14-6-7-15-36(32)33)50(68)56-39(49(67)60-45)17-10-11-21-54/h3-9,12-16,18,20,26,29-30,34,38-42,45-46,62-63H,10-11,17,19,21-25,27-28,54-55H2,1-2H3,(H,56,68)(H,57,65)(H,58,66)(H,59,70)(H,60,67)(H,61,69)(H,71,72)/t29-,30-,34-,38-,39+,40-,41+,42+,45+,46+/m1/s1. The molecule has 1 fully saturated rings. The number of benzene rings is 3. The largest absolute Gasteiger partial charge is 0.480 e. The van der Waals surface area contributed by atoms with Crippen molar-refractivity contribution in [3.05, 3.63) is 113 Å². The monoisotopic (exact) mass is 1090 g/mol. The summed E-state index contributed by atoms with van der Waals surface area (Å²) >= 11 is 1.47. The van der Waals surface area contributed by atoms with Crippen LogP contribution in [0.3, 0.4) is 0 Å². The fraction of sp³-hybridized carbons (Fsp3) is 0.434. The number of nitrogens with two attached hydrogens (primary N) is 2. The first-order valence-electron chi connectivity index (χ1n) is 24.8. The summed E-state index contributed by atoms with van der Waals surface area (Å²) in [7, 11) is 2.00. The molecule has 13 N–H and O–H groups in total. The molecule has 10 atom stereocenters. The number of amides is 6. The van der Waals surface area contributed by atoms with Gasteiger partial charge in [-0.25, -0.2) is 4.79 Å². The number of aliphatic carboxylic acids is 1. The molecule has 1 saturated heterocycles. The molecule has 402 valence electrons. The van der Waals surface area contributed by atoms with Crippen LogP contribution < -0.4 is 43.4 Å². The molecular weight excluding hydrogens is 1020 g/mol. The van der Waals surface area contributed by atoms with E-state index >= 15 is 4.79 Å². The first-order valence-corrected chi connectivity index (χ1v) is 28.2. The van der Waals surface area contributed by atoms with Gasteiger partial charge in [-0.3, -0.25) is 33.6 Å². The van der Waals surface area contributed by atoms with Gasteiger partial charge in [0.05, 0.1) is 24.3 Å². The fourth-order valence-electron chi connectivity index (χ4n) is 8.83. The number of ketones is 1. The van der Waals surface area contributed by atoms with E-state index in [1.165, 1.54) is 18.3 Å². The second-order valence-corrected chi connectivity index (χ2v) is 22.3. The minimum absolute atomic E-state index is 0.0143. The number of rotatable bonds is 17. The van der Waals surface area contributed by atoms with Gasteiger partial charge in [0.15, 0.2) is 11.8 Å². The molecule has 0 bridgehead atoms. The van der Waals surface area contributed by atoms with Crippen LogP contribution in [0.25, 0.3) is 15.7 Å². The normalized spacial score (nSPS) is 23.0. The van der Waals surface area contributed by atoms with Gasteiger partial charge in [0, 0.05) is 35.0 Å². The van der Waals surface area contributed by atoms with Crippen molar-refractivity contribution < 1.29 is 53.7 Å². The van der Waals surface area contributed by atoms with E-state index in [1.54, 1.807) is 12.1 Å². The minimum atomic E-state index is -1.80. The Morgan fingerprint density at radius 2 is 1.47 bits per heavy atom. The van der Waals surface area contributed by atoms with Crippen LogP contribution in [0.1, 0.15) is 68.2 Å². The number of hydrogen-bond donors (Lipinski definition) is 11. The van der Waals surface area contributed by atoms with E-state index in [2.05, 4.69) is 31.9 Å². The van der Waals surface area contributed by atoms with E-state index in [4.69, 9.17) is 11.5 Å². The average molecular weight is 1090 g/mol. The van der Waals surface area contributed by atoms with E-state index in [9.17, 15) is 48.9 Å². The molecule has 0 radical (unpaired) electrons. The van der Waals surface area contributed by atoms with Gasteiger partial charge in [-0.05, 0) is 104 Å². The summed E-state index contributed by atoms with van der Waals surface area (Å²) in [6, 6.07) is 14.2. The van der Waals surface area contributed by atoms with Gasteiger partial charge >= 0.3 is 5.97 Å². The molecule has 2 aliphatic rings. The highest BCUT2D eigenvalue weighted by Gasteiger charge is 2.38. The number of unbranched alkanes of at least 4 members (excludes halogenated alkanes) is 1. The third-order valence-corrected chi connectivity index (χ3v) is 16.5. The predicted molar refractivity (Wildman–Crippen MR) is 290 cm³/mol. The van der Waals surface area contributed by atoms with Gasteiger partial charge in [-0.15, -0.1) is 11.3 Å². The molecule has 0 unspecified atom stereocenters. The van der Waals surface area contributed by atoms with Gasteiger partial charge in [0.2, 0.25) is 35.4 Å². The third-order valence-electron chi connectivity index (χ3n) is 13.0. The molecule has 1 aliphatic heterocycles. The highest BCUT2D eigenvalue weighted by atomic mass is 33.1. The van der Waals surface area contributed by atoms with E-state index in [0.717, 1.165) is 66.4 Å². The molecule has 0 spiro atoms. The zero-order valence-corrected chi connectivity index (χ0v) is 44.1. The lowest BCUT2D eigenvalue weighted by molar-refractivity contribution is -0.145. The van der Waals surface area contributed by atoms with Crippen molar-refractivity contribution in [2.75, 3.05) is 18.1 Å². The Balaban J connectivity index is 1.41. The molecule has 75 heavy (non-hydrogen) atoms. The number of hydrogen-bond acceptors (Lipinski definition) is 15. The van der Waals surface area contributed by atoms with Crippen molar-refractivity contribution in [1.29, 1.82) is 0 Å². The maximum absolute atomic E-state index is 15.1.